The van der Waals surface area contributed by atoms with Crippen molar-refractivity contribution in [3.05, 3.63) is 46.3 Å². The summed E-state index contributed by atoms with van der Waals surface area (Å²) in [5.74, 6) is 1.51. The summed E-state index contributed by atoms with van der Waals surface area (Å²) in [6.45, 7) is 5.01. The van der Waals surface area contributed by atoms with E-state index in [1.54, 1.807) is 22.3 Å². The number of nitrogens with zero attached hydrogens (tertiary/aromatic N) is 3. The van der Waals surface area contributed by atoms with Gasteiger partial charge in [-0.1, -0.05) is 28.1 Å². The van der Waals surface area contributed by atoms with Crippen LogP contribution in [0.25, 0.3) is 0 Å². The van der Waals surface area contributed by atoms with E-state index < -0.39 is 10.0 Å². The van der Waals surface area contributed by atoms with Gasteiger partial charge in [-0.2, -0.15) is 4.31 Å². The van der Waals surface area contributed by atoms with Gasteiger partial charge >= 0.3 is 0 Å². The summed E-state index contributed by atoms with van der Waals surface area (Å²) in [5, 5.41) is -0.0540. The van der Waals surface area contributed by atoms with E-state index in [2.05, 4.69) is 20.9 Å². The average molecular weight is 416 g/mol. The smallest absolute Gasteiger partial charge is 0.263 e. The van der Waals surface area contributed by atoms with E-state index in [0.717, 1.165) is 21.6 Å². The van der Waals surface area contributed by atoms with Crippen LogP contribution in [-0.4, -0.2) is 34.6 Å². The van der Waals surface area contributed by atoms with Crippen LogP contribution in [0, 0.1) is 6.92 Å². The van der Waals surface area contributed by atoms with Gasteiger partial charge in [0.25, 0.3) is 10.0 Å². The van der Waals surface area contributed by atoms with E-state index >= 15 is 0 Å². The molecular weight excluding hydrogens is 398 g/mol. The van der Waals surface area contributed by atoms with Crippen molar-refractivity contribution < 1.29 is 8.42 Å². The van der Waals surface area contributed by atoms with Crippen molar-refractivity contribution in [3.63, 3.8) is 0 Å². The highest BCUT2D eigenvalue weighted by molar-refractivity contribution is 9.10. The first kappa shape index (κ1) is 17.0. The molecule has 1 aliphatic rings. The number of imidazole rings is 1. The summed E-state index contributed by atoms with van der Waals surface area (Å²) >= 11 is 5.06. The summed E-state index contributed by atoms with van der Waals surface area (Å²) in [4.78, 5) is 4.26. The van der Waals surface area contributed by atoms with Crippen molar-refractivity contribution >= 4 is 37.7 Å². The molecule has 124 valence electrons. The van der Waals surface area contributed by atoms with E-state index in [-0.39, 0.29) is 10.4 Å². The fourth-order valence-electron chi connectivity index (χ4n) is 2.63. The molecule has 0 N–H and O–H groups in total. The molecule has 0 radical (unpaired) electrons. The van der Waals surface area contributed by atoms with Crippen LogP contribution in [-0.2, 0) is 16.6 Å². The maximum atomic E-state index is 13.0. The Balaban J connectivity index is 1.96. The number of sulfonamides is 1. The summed E-state index contributed by atoms with van der Waals surface area (Å²) in [6, 6.07) is 7.81. The van der Waals surface area contributed by atoms with Gasteiger partial charge < -0.3 is 4.57 Å². The molecule has 0 aliphatic carbocycles. The lowest BCUT2D eigenvalue weighted by Crippen LogP contribution is -2.30. The van der Waals surface area contributed by atoms with Gasteiger partial charge in [0.05, 0.1) is 5.37 Å². The average Bonchev–Trinajstić information content (AvgIpc) is 3.15. The second kappa shape index (κ2) is 6.58. The normalized spacial score (nSPS) is 19.3. The molecule has 1 aliphatic heterocycles. The summed E-state index contributed by atoms with van der Waals surface area (Å²) in [6.07, 6.45) is 1.63. The van der Waals surface area contributed by atoms with Gasteiger partial charge in [0.2, 0.25) is 0 Å². The number of halogens is 1. The van der Waals surface area contributed by atoms with Crippen molar-refractivity contribution in [1.82, 2.24) is 13.9 Å². The highest BCUT2D eigenvalue weighted by Gasteiger charge is 2.38. The van der Waals surface area contributed by atoms with Crippen LogP contribution >= 0.6 is 27.7 Å². The van der Waals surface area contributed by atoms with E-state index in [1.165, 1.54) is 0 Å². The Labute approximate surface area is 149 Å². The Hall–Kier alpha value is -0.830. The molecule has 0 spiro atoms. The molecule has 1 fully saturated rings. The molecule has 1 aromatic carbocycles. The Bertz CT molecular complexity index is 803. The maximum absolute atomic E-state index is 13.0. The Morgan fingerprint density at radius 2 is 2.04 bits per heavy atom. The molecule has 5 nitrogen and oxygen atoms in total. The number of rotatable bonds is 4. The molecule has 0 amide bonds. The third kappa shape index (κ3) is 3.22. The number of aromatic nitrogens is 2. The van der Waals surface area contributed by atoms with Gasteiger partial charge in [0.1, 0.15) is 5.82 Å². The molecule has 1 atom stereocenters. The Morgan fingerprint density at radius 3 is 2.65 bits per heavy atom. The van der Waals surface area contributed by atoms with Gasteiger partial charge in [-0.15, -0.1) is 11.8 Å². The van der Waals surface area contributed by atoms with Crippen molar-refractivity contribution in [2.24, 2.45) is 0 Å². The molecule has 1 saturated heterocycles. The number of aryl methyl sites for hydroxylation is 2. The van der Waals surface area contributed by atoms with E-state index in [4.69, 9.17) is 0 Å². The molecule has 1 unspecified atom stereocenters. The lowest BCUT2D eigenvalue weighted by atomic mass is 10.2. The third-order valence-corrected chi connectivity index (χ3v) is 7.53. The minimum absolute atomic E-state index is 0.140. The van der Waals surface area contributed by atoms with Crippen LogP contribution in [0.3, 0.4) is 0 Å². The molecule has 3 rings (SSSR count). The second-order valence-corrected chi connectivity index (χ2v) is 9.24. The van der Waals surface area contributed by atoms with E-state index in [9.17, 15) is 8.42 Å². The van der Waals surface area contributed by atoms with Gasteiger partial charge in [-0.3, -0.25) is 0 Å². The van der Waals surface area contributed by atoms with Crippen LogP contribution in [0.15, 0.2) is 40.0 Å². The standard InChI is InChI=1S/C15H18BrN3O2S2/c1-3-18-10-14(17-11(18)2)23(20,21)19-8-9-22-15(19)12-4-6-13(16)7-5-12/h4-7,10,15H,3,8-9H2,1-2H3. The summed E-state index contributed by atoms with van der Waals surface area (Å²) < 4.78 is 30.4. The number of thioether (sulfide) groups is 1. The second-order valence-electron chi connectivity index (χ2n) is 5.30. The monoisotopic (exact) mass is 415 g/mol. The molecule has 1 aromatic heterocycles. The van der Waals surface area contributed by atoms with Crippen molar-refractivity contribution in [2.45, 2.75) is 30.8 Å². The van der Waals surface area contributed by atoms with Gasteiger partial charge in [0.15, 0.2) is 5.03 Å². The lowest BCUT2D eigenvalue weighted by molar-refractivity contribution is 0.432. The van der Waals surface area contributed by atoms with Gasteiger partial charge in [-0.05, 0) is 31.5 Å². The molecule has 8 heteroatoms. The third-order valence-electron chi connectivity index (χ3n) is 3.87. The van der Waals surface area contributed by atoms with Crippen molar-refractivity contribution in [3.8, 4) is 0 Å². The predicted molar refractivity (Wildman–Crippen MR) is 95.9 cm³/mol. The topological polar surface area (TPSA) is 55.2 Å². The fraction of sp³-hybridized carbons (Fsp3) is 0.400. The van der Waals surface area contributed by atoms with Gasteiger partial charge in [0, 0.05) is 29.5 Å². The first-order chi connectivity index (χ1) is 10.9. The Morgan fingerprint density at radius 1 is 1.35 bits per heavy atom. The first-order valence-electron chi connectivity index (χ1n) is 7.36. The minimum atomic E-state index is -3.59. The predicted octanol–water partition coefficient (Wildman–Crippen LogP) is 3.41. The number of hydrogen-bond donors (Lipinski definition) is 0. The van der Waals surface area contributed by atoms with Crippen LogP contribution in [0.1, 0.15) is 23.7 Å². The molecule has 0 bridgehead atoms. The molecule has 2 aromatic rings. The molecule has 0 saturated carbocycles. The van der Waals surface area contributed by atoms with Crippen molar-refractivity contribution in [2.75, 3.05) is 12.3 Å². The first-order valence-corrected chi connectivity index (χ1v) is 10.6. The van der Waals surface area contributed by atoms with E-state index in [1.807, 2.05) is 42.7 Å². The van der Waals surface area contributed by atoms with Crippen LogP contribution in [0.4, 0.5) is 0 Å². The van der Waals surface area contributed by atoms with Crippen LogP contribution < -0.4 is 0 Å². The molecule has 23 heavy (non-hydrogen) atoms. The summed E-state index contributed by atoms with van der Waals surface area (Å²) in [5.41, 5.74) is 0.992. The summed E-state index contributed by atoms with van der Waals surface area (Å²) in [7, 11) is -3.59. The molecule has 2 heterocycles. The molecular formula is C15H18BrN3O2S2. The zero-order chi connectivity index (χ0) is 16.6. The fourth-order valence-corrected chi connectivity index (χ4v) is 6.14. The highest BCUT2D eigenvalue weighted by atomic mass is 79.9. The lowest BCUT2D eigenvalue weighted by Gasteiger charge is -2.22. The quantitative estimate of drug-likeness (QED) is 0.767. The minimum Gasteiger partial charge on any atom is -0.334 e. The van der Waals surface area contributed by atoms with Crippen LogP contribution in [0.2, 0.25) is 0 Å². The highest BCUT2D eigenvalue weighted by Crippen LogP contribution is 2.41. The number of benzene rings is 1. The SMILES string of the molecule is CCn1cc(S(=O)(=O)N2CCSC2c2ccc(Br)cc2)nc1C. The Kier molecular flexibility index (Phi) is 4.87. The maximum Gasteiger partial charge on any atom is 0.263 e. The number of hydrogen-bond acceptors (Lipinski definition) is 4. The van der Waals surface area contributed by atoms with Gasteiger partial charge in [-0.25, -0.2) is 13.4 Å². The van der Waals surface area contributed by atoms with E-state index in [0.29, 0.717) is 13.1 Å². The van der Waals surface area contributed by atoms with Crippen molar-refractivity contribution in [1.29, 1.82) is 0 Å². The van der Waals surface area contributed by atoms with Crippen LogP contribution in [0.5, 0.6) is 0 Å². The zero-order valence-corrected chi connectivity index (χ0v) is 16.2. The largest absolute Gasteiger partial charge is 0.334 e. The zero-order valence-electron chi connectivity index (χ0n) is 12.9.